The Labute approximate surface area is 197 Å². The fourth-order valence-corrected chi connectivity index (χ4v) is 5.80. The smallest absolute Gasteiger partial charge is 0.265 e. The molecular weight excluding hydrogens is 458 g/mol. The number of anilines is 1. The van der Waals surface area contributed by atoms with Crippen LogP contribution in [0.15, 0.2) is 70.9 Å². The largest absolute Gasteiger partial charge is 0.337 e. The van der Waals surface area contributed by atoms with Crippen molar-refractivity contribution in [2.45, 2.75) is 18.2 Å². The summed E-state index contributed by atoms with van der Waals surface area (Å²) >= 11 is 1.35. The Morgan fingerprint density at radius 2 is 1.73 bits per heavy atom. The molecule has 7 nitrogen and oxygen atoms in total. The van der Waals surface area contributed by atoms with Crippen molar-refractivity contribution in [1.82, 2.24) is 9.21 Å². The van der Waals surface area contributed by atoms with Crippen LogP contribution in [0.2, 0.25) is 0 Å². The first-order chi connectivity index (χ1) is 15.8. The van der Waals surface area contributed by atoms with Gasteiger partial charge in [-0.3, -0.25) is 9.59 Å². The second kappa shape index (κ2) is 9.86. The van der Waals surface area contributed by atoms with Gasteiger partial charge in [0.1, 0.15) is 0 Å². The minimum Gasteiger partial charge on any atom is -0.337 e. The van der Waals surface area contributed by atoms with Crippen LogP contribution in [-0.2, 0) is 10.0 Å². The molecule has 0 spiro atoms. The SMILES string of the molecule is Cc1ccc(S(=O)(=O)N2CCCN(C(=O)c3cccc(NC(=O)c4cccs4)c3)CC2)cc1. The Kier molecular flexibility index (Phi) is 6.92. The first-order valence-corrected chi connectivity index (χ1v) is 13.0. The van der Waals surface area contributed by atoms with Gasteiger partial charge in [0.05, 0.1) is 9.77 Å². The third kappa shape index (κ3) is 5.32. The van der Waals surface area contributed by atoms with E-state index in [0.717, 1.165) is 5.56 Å². The van der Waals surface area contributed by atoms with E-state index in [-0.39, 0.29) is 23.3 Å². The maximum atomic E-state index is 13.1. The van der Waals surface area contributed by atoms with Crippen molar-refractivity contribution in [3.63, 3.8) is 0 Å². The number of benzene rings is 2. The molecule has 1 fully saturated rings. The van der Waals surface area contributed by atoms with Crippen LogP contribution in [0, 0.1) is 6.92 Å². The van der Waals surface area contributed by atoms with Gasteiger partial charge in [-0.25, -0.2) is 8.42 Å². The lowest BCUT2D eigenvalue weighted by Crippen LogP contribution is -2.37. The lowest BCUT2D eigenvalue weighted by molar-refractivity contribution is 0.0764. The lowest BCUT2D eigenvalue weighted by atomic mass is 10.1. The molecule has 1 N–H and O–H groups in total. The van der Waals surface area contributed by atoms with Gasteiger partial charge in [-0.1, -0.05) is 29.8 Å². The van der Waals surface area contributed by atoms with Gasteiger partial charge in [-0.2, -0.15) is 4.31 Å². The molecule has 0 unspecified atom stereocenters. The van der Waals surface area contributed by atoms with Gasteiger partial charge in [-0.05, 0) is 55.1 Å². The van der Waals surface area contributed by atoms with Gasteiger partial charge in [0.25, 0.3) is 11.8 Å². The fraction of sp³-hybridized carbons (Fsp3) is 0.250. The molecule has 0 radical (unpaired) electrons. The number of sulfonamides is 1. The van der Waals surface area contributed by atoms with Crippen molar-refractivity contribution in [3.05, 3.63) is 82.0 Å². The highest BCUT2D eigenvalue weighted by Gasteiger charge is 2.28. The number of carbonyl (C=O) groups excluding carboxylic acids is 2. The zero-order valence-electron chi connectivity index (χ0n) is 18.2. The molecule has 172 valence electrons. The number of rotatable bonds is 5. The highest BCUT2D eigenvalue weighted by Crippen LogP contribution is 2.20. The van der Waals surface area contributed by atoms with Gasteiger partial charge in [0.2, 0.25) is 10.0 Å². The van der Waals surface area contributed by atoms with Crippen molar-refractivity contribution in [3.8, 4) is 0 Å². The summed E-state index contributed by atoms with van der Waals surface area (Å²) in [5, 5.41) is 4.65. The molecule has 1 aliphatic heterocycles. The Balaban J connectivity index is 1.43. The van der Waals surface area contributed by atoms with Crippen LogP contribution in [0.1, 0.15) is 32.0 Å². The van der Waals surface area contributed by atoms with Crippen LogP contribution in [-0.4, -0.2) is 55.6 Å². The van der Waals surface area contributed by atoms with Crippen molar-refractivity contribution in [2.24, 2.45) is 0 Å². The van der Waals surface area contributed by atoms with Crippen LogP contribution in [0.3, 0.4) is 0 Å². The molecular formula is C24H25N3O4S2. The number of nitrogens with zero attached hydrogens (tertiary/aromatic N) is 2. The predicted molar refractivity (Wildman–Crippen MR) is 129 cm³/mol. The van der Waals surface area contributed by atoms with E-state index in [1.807, 2.05) is 12.3 Å². The molecule has 2 aromatic carbocycles. The van der Waals surface area contributed by atoms with E-state index < -0.39 is 10.0 Å². The third-order valence-electron chi connectivity index (χ3n) is 5.51. The second-order valence-electron chi connectivity index (χ2n) is 7.88. The number of nitrogens with one attached hydrogen (secondary N) is 1. The monoisotopic (exact) mass is 483 g/mol. The Morgan fingerprint density at radius 1 is 0.939 bits per heavy atom. The van der Waals surface area contributed by atoms with Gasteiger partial charge < -0.3 is 10.2 Å². The molecule has 1 aromatic heterocycles. The maximum Gasteiger partial charge on any atom is 0.265 e. The molecule has 3 aromatic rings. The fourth-order valence-electron chi connectivity index (χ4n) is 3.71. The molecule has 1 aliphatic rings. The number of carbonyl (C=O) groups is 2. The zero-order valence-corrected chi connectivity index (χ0v) is 19.9. The summed E-state index contributed by atoms with van der Waals surface area (Å²) in [6, 6.07) is 17.2. The van der Waals surface area contributed by atoms with Gasteiger partial charge >= 0.3 is 0 Å². The maximum absolute atomic E-state index is 13.1. The van der Waals surface area contributed by atoms with Crippen molar-refractivity contribution in [1.29, 1.82) is 0 Å². The Hall–Kier alpha value is -3.01. The summed E-state index contributed by atoms with van der Waals surface area (Å²) < 4.78 is 27.5. The molecule has 0 saturated carbocycles. The van der Waals surface area contributed by atoms with E-state index in [4.69, 9.17) is 0 Å². The summed E-state index contributed by atoms with van der Waals surface area (Å²) in [7, 11) is -3.61. The minimum absolute atomic E-state index is 0.184. The molecule has 0 bridgehead atoms. The molecule has 4 rings (SSSR count). The van der Waals surface area contributed by atoms with Gasteiger partial charge in [0.15, 0.2) is 0 Å². The average Bonchev–Trinajstić information content (AvgIpc) is 3.23. The number of amides is 2. The van der Waals surface area contributed by atoms with Crippen LogP contribution in [0.4, 0.5) is 5.69 Å². The van der Waals surface area contributed by atoms with E-state index in [9.17, 15) is 18.0 Å². The van der Waals surface area contributed by atoms with E-state index in [1.54, 1.807) is 65.6 Å². The van der Waals surface area contributed by atoms with Crippen LogP contribution < -0.4 is 5.32 Å². The van der Waals surface area contributed by atoms with Crippen LogP contribution in [0.5, 0.6) is 0 Å². The molecule has 9 heteroatoms. The second-order valence-corrected chi connectivity index (χ2v) is 10.8. The quantitative estimate of drug-likeness (QED) is 0.597. The predicted octanol–water partition coefficient (Wildman–Crippen LogP) is 3.85. The Bertz CT molecular complexity index is 1240. The summed E-state index contributed by atoms with van der Waals surface area (Å²) in [6.07, 6.45) is 0.547. The van der Waals surface area contributed by atoms with Gasteiger partial charge in [0, 0.05) is 37.4 Å². The van der Waals surface area contributed by atoms with E-state index in [1.165, 1.54) is 15.6 Å². The highest BCUT2D eigenvalue weighted by atomic mass is 32.2. The first kappa shape index (κ1) is 23.2. The molecule has 0 atom stereocenters. The summed E-state index contributed by atoms with van der Waals surface area (Å²) in [6.45, 7) is 3.27. The molecule has 33 heavy (non-hydrogen) atoms. The number of hydrogen-bond donors (Lipinski definition) is 1. The third-order valence-corrected chi connectivity index (χ3v) is 8.29. The molecule has 2 heterocycles. The Morgan fingerprint density at radius 3 is 2.45 bits per heavy atom. The van der Waals surface area contributed by atoms with E-state index in [2.05, 4.69) is 5.32 Å². The molecule has 1 saturated heterocycles. The summed E-state index contributed by atoms with van der Waals surface area (Å²) in [5.41, 5.74) is 1.99. The lowest BCUT2D eigenvalue weighted by Gasteiger charge is -2.22. The molecule has 2 amide bonds. The van der Waals surface area contributed by atoms with Gasteiger partial charge in [-0.15, -0.1) is 11.3 Å². The van der Waals surface area contributed by atoms with E-state index >= 15 is 0 Å². The standard InChI is InChI=1S/C24H25N3O4S2/c1-18-8-10-21(11-9-18)33(30,31)27-13-4-12-26(14-15-27)24(29)19-5-2-6-20(17-19)25-23(28)22-7-3-16-32-22/h2-3,5-11,16-17H,4,12-15H2,1H3,(H,25,28). The topological polar surface area (TPSA) is 86.8 Å². The van der Waals surface area contributed by atoms with Crippen molar-refractivity contribution < 1.29 is 18.0 Å². The normalized spacial score (nSPS) is 15.1. The average molecular weight is 484 g/mol. The van der Waals surface area contributed by atoms with E-state index in [0.29, 0.717) is 42.2 Å². The molecule has 0 aliphatic carbocycles. The number of hydrogen-bond acceptors (Lipinski definition) is 5. The zero-order chi connectivity index (χ0) is 23.4. The van der Waals surface area contributed by atoms with Crippen molar-refractivity contribution in [2.75, 3.05) is 31.5 Å². The summed E-state index contributed by atoms with van der Waals surface area (Å²) in [4.78, 5) is 28.0. The summed E-state index contributed by atoms with van der Waals surface area (Å²) in [5.74, 6) is -0.405. The highest BCUT2D eigenvalue weighted by molar-refractivity contribution is 7.89. The number of thiophene rings is 1. The number of aryl methyl sites for hydroxylation is 1. The van der Waals surface area contributed by atoms with Crippen molar-refractivity contribution >= 4 is 38.9 Å². The first-order valence-electron chi connectivity index (χ1n) is 10.7. The minimum atomic E-state index is -3.61. The van der Waals surface area contributed by atoms with Crippen LogP contribution in [0.25, 0.3) is 0 Å². The van der Waals surface area contributed by atoms with Crippen LogP contribution >= 0.6 is 11.3 Å².